The average molecular weight is 395 g/mol. The molecule has 2 aromatic rings. The number of rotatable bonds is 5. The first-order valence-electron chi connectivity index (χ1n) is 6.38. The van der Waals surface area contributed by atoms with Gasteiger partial charge in [0.2, 0.25) is 0 Å². The van der Waals surface area contributed by atoms with Gasteiger partial charge in [0.1, 0.15) is 3.92 Å². The predicted molar refractivity (Wildman–Crippen MR) is 90.0 cm³/mol. The standard InChI is InChI=1S/C16H14INO3/c17-14(16(20)21)10-11-6-8-13(9-7-11)18-15(19)12-4-2-1-3-5-12/h1-9,14H,10H2,(H,18,19)(H,20,21)/t14-/m1/s1. The van der Waals surface area contributed by atoms with E-state index in [9.17, 15) is 9.59 Å². The van der Waals surface area contributed by atoms with E-state index < -0.39 is 9.89 Å². The third-order valence-electron chi connectivity index (χ3n) is 2.93. The maximum atomic E-state index is 12.0. The van der Waals surface area contributed by atoms with Crippen LogP contribution in [0.3, 0.4) is 0 Å². The summed E-state index contributed by atoms with van der Waals surface area (Å²) >= 11 is 1.90. The van der Waals surface area contributed by atoms with Crippen LogP contribution in [-0.4, -0.2) is 20.9 Å². The Bertz CT molecular complexity index is 626. The van der Waals surface area contributed by atoms with Crippen molar-refractivity contribution in [2.45, 2.75) is 10.3 Å². The Labute approximate surface area is 136 Å². The van der Waals surface area contributed by atoms with Crippen molar-refractivity contribution in [3.8, 4) is 0 Å². The molecule has 0 saturated carbocycles. The first kappa shape index (κ1) is 15.5. The summed E-state index contributed by atoms with van der Waals surface area (Å²) in [5.74, 6) is -0.988. The monoisotopic (exact) mass is 395 g/mol. The highest BCUT2D eigenvalue weighted by Gasteiger charge is 2.13. The number of hydrogen-bond donors (Lipinski definition) is 2. The fraction of sp³-hybridized carbons (Fsp3) is 0.125. The van der Waals surface area contributed by atoms with Gasteiger partial charge in [0, 0.05) is 11.3 Å². The highest BCUT2D eigenvalue weighted by Crippen LogP contribution is 2.15. The normalized spacial score (nSPS) is 11.7. The molecule has 0 aliphatic rings. The van der Waals surface area contributed by atoms with Gasteiger partial charge in [-0.15, -0.1) is 0 Å². The highest BCUT2D eigenvalue weighted by atomic mass is 127. The number of carbonyl (C=O) groups excluding carboxylic acids is 1. The molecule has 5 heteroatoms. The summed E-state index contributed by atoms with van der Waals surface area (Å²) in [7, 11) is 0. The zero-order chi connectivity index (χ0) is 15.2. The van der Waals surface area contributed by atoms with Crippen molar-refractivity contribution in [2.75, 3.05) is 5.32 Å². The van der Waals surface area contributed by atoms with Crippen LogP contribution in [0.25, 0.3) is 0 Å². The number of carboxylic acids is 1. The van der Waals surface area contributed by atoms with Crippen molar-refractivity contribution >= 4 is 40.2 Å². The Balaban J connectivity index is 2.00. The van der Waals surface area contributed by atoms with E-state index in [4.69, 9.17) is 5.11 Å². The average Bonchev–Trinajstić information content (AvgIpc) is 2.50. The van der Waals surface area contributed by atoms with Crippen LogP contribution in [0.2, 0.25) is 0 Å². The first-order valence-corrected chi connectivity index (χ1v) is 7.63. The minimum Gasteiger partial charge on any atom is -0.480 e. The highest BCUT2D eigenvalue weighted by molar-refractivity contribution is 14.1. The molecule has 0 radical (unpaired) electrons. The third-order valence-corrected chi connectivity index (χ3v) is 3.90. The summed E-state index contributed by atoms with van der Waals surface area (Å²) in [4.78, 5) is 22.8. The first-order chi connectivity index (χ1) is 10.1. The molecule has 0 aromatic heterocycles. The van der Waals surface area contributed by atoms with E-state index in [-0.39, 0.29) is 5.91 Å². The molecule has 2 N–H and O–H groups in total. The predicted octanol–water partition coefficient (Wildman–Crippen LogP) is 3.37. The van der Waals surface area contributed by atoms with Gasteiger partial charge in [0.05, 0.1) is 0 Å². The Morgan fingerprint density at radius 2 is 1.67 bits per heavy atom. The molecule has 0 fully saturated rings. The molecule has 21 heavy (non-hydrogen) atoms. The number of anilines is 1. The molecule has 108 valence electrons. The summed E-state index contributed by atoms with van der Waals surface area (Å²) in [5, 5.41) is 11.7. The molecule has 2 aromatic carbocycles. The number of benzene rings is 2. The Hall–Kier alpha value is -1.89. The minimum absolute atomic E-state index is 0.166. The largest absolute Gasteiger partial charge is 0.480 e. The van der Waals surface area contributed by atoms with E-state index in [0.29, 0.717) is 17.7 Å². The summed E-state index contributed by atoms with van der Waals surface area (Å²) in [6.07, 6.45) is 0.461. The minimum atomic E-state index is -0.822. The number of nitrogens with one attached hydrogen (secondary N) is 1. The summed E-state index contributed by atoms with van der Waals surface area (Å²) in [6.45, 7) is 0. The van der Waals surface area contributed by atoms with Gasteiger partial charge in [-0.25, -0.2) is 0 Å². The van der Waals surface area contributed by atoms with Gasteiger partial charge in [-0.3, -0.25) is 9.59 Å². The van der Waals surface area contributed by atoms with Gasteiger partial charge in [0.25, 0.3) is 5.91 Å². The molecule has 1 amide bonds. The van der Waals surface area contributed by atoms with Crippen LogP contribution < -0.4 is 5.32 Å². The number of halogens is 1. The smallest absolute Gasteiger partial charge is 0.316 e. The van der Waals surface area contributed by atoms with E-state index >= 15 is 0 Å². The van der Waals surface area contributed by atoms with Crippen molar-refractivity contribution in [2.24, 2.45) is 0 Å². The van der Waals surface area contributed by atoms with Crippen LogP contribution in [0.4, 0.5) is 5.69 Å². The molecule has 1 atom stereocenters. The van der Waals surface area contributed by atoms with Crippen LogP contribution in [0, 0.1) is 0 Å². The molecule has 0 heterocycles. The van der Waals surface area contributed by atoms with Gasteiger partial charge >= 0.3 is 5.97 Å². The topological polar surface area (TPSA) is 66.4 Å². The van der Waals surface area contributed by atoms with E-state index in [1.54, 1.807) is 24.3 Å². The second kappa shape index (κ2) is 7.21. The molecule has 0 unspecified atom stereocenters. The van der Waals surface area contributed by atoms with Gasteiger partial charge in [-0.2, -0.15) is 0 Å². The maximum absolute atomic E-state index is 12.0. The fourth-order valence-corrected chi connectivity index (χ4v) is 2.32. The Kier molecular flexibility index (Phi) is 5.32. The number of carbonyl (C=O) groups is 2. The number of amides is 1. The fourth-order valence-electron chi connectivity index (χ4n) is 1.81. The van der Waals surface area contributed by atoms with E-state index in [1.165, 1.54) is 0 Å². The Morgan fingerprint density at radius 3 is 2.24 bits per heavy atom. The number of carboxylic acid groups (broad SMARTS) is 1. The van der Waals surface area contributed by atoms with Crippen LogP contribution in [0.1, 0.15) is 15.9 Å². The van der Waals surface area contributed by atoms with Crippen molar-refractivity contribution < 1.29 is 14.7 Å². The van der Waals surface area contributed by atoms with Crippen LogP contribution in [-0.2, 0) is 11.2 Å². The quantitative estimate of drug-likeness (QED) is 0.603. The van der Waals surface area contributed by atoms with Gasteiger partial charge < -0.3 is 10.4 Å². The Morgan fingerprint density at radius 1 is 1.05 bits per heavy atom. The van der Waals surface area contributed by atoms with E-state index in [1.807, 2.05) is 52.9 Å². The number of alkyl halides is 1. The second-order valence-corrected chi connectivity index (χ2v) is 6.03. The van der Waals surface area contributed by atoms with Gasteiger partial charge in [0.15, 0.2) is 0 Å². The summed E-state index contributed by atoms with van der Waals surface area (Å²) in [6, 6.07) is 16.2. The molecule has 0 aliphatic heterocycles. The number of aliphatic carboxylic acids is 1. The zero-order valence-corrected chi connectivity index (χ0v) is 13.3. The third kappa shape index (κ3) is 4.56. The van der Waals surface area contributed by atoms with Crippen LogP contribution in [0.5, 0.6) is 0 Å². The number of hydrogen-bond acceptors (Lipinski definition) is 2. The molecule has 0 saturated heterocycles. The molecule has 2 rings (SSSR count). The van der Waals surface area contributed by atoms with Crippen LogP contribution >= 0.6 is 22.6 Å². The molecular formula is C16H14INO3. The lowest BCUT2D eigenvalue weighted by molar-refractivity contribution is -0.135. The molecule has 0 aliphatic carbocycles. The lowest BCUT2D eigenvalue weighted by atomic mass is 10.1. The molecular weight excluding hydrogens is 381 g/mol. The lowest BCUT2D eigenvalue weighted by Gasteiger charge is -2.08. The van der Waals surface area contributed by atoms with Crippen molar-refractivity contribution in [1.29, 1.82) is 0 Å². The van der Waals surface area contributed by atoms with Gasteiger partial charge in [-0.05, 0) is 36.2 Å². The maximum Gasteiger partial charge on any atom is 0.316 e. The van der Waals surface area contributed by atoms with Crippen LogP contribution in [0.15, 0.2) is 54.6 Å². The van der Waals surface area contributed by atoms with E-state index in [0.717, 1.165) is 5.56 Å². The molecule has 0 bridgehead atoms. The van der Waals surface area contributed by atoms with Gasteiger partial charge in [-0.1, -0.05) is 52.9 Å². The van der Waals surface area contributed by atoms with Crippen molar-refractivity contribution in [1.82, 2.24) is 0 Å². The van der Waals surface area contributed by atoms with Crippen molar-refractivity contribution in [3.63, 3.8) is 0 Å². The molecule has 4 nitrogen and oxygen atoms in total. The lowest BCUT2D eigenvalue weighted by Crippen LogP contribution is -2.15. The second-order valence-electron chi connectivity index (χ2n) is 4.53. The SMILES string of the molecule is O=C(Nc1ccc(C[C@@H](I)C(=O)O)cc1)c1ccccc1. The summed E-state index contributed by atoms with van der Waals surface area (Å²) in [5.41, 5.74) is 2.21. The molecule has 0 spiro atoms. The zero-order valence-electron chi connectivity index (χ0n) is 11.1. The summed E-state index contributed by atoms with van der Waals surface area (Å²) < 4.78 is -0.452. The van der Waals surface area contributed by atoms with E-state index in [2.05, 4.69) is 5.32 Å². The van der Waals surface area contributed by atoms with Crippen molar-refractivity contribution in [3.05, 3.63) is 65.7 Å².